The molecule has 8 heteroatoms. The van der Waals surface area contributed by atoms with Crippen LogP contribution in [0.2, 0.25) is 0 Å². The molecule has 0 unspecified atom stereocenters. The summed E-state index contributed by atoms with van der Waals surface area (Å²) in [6.45, 7) is -0.209. The summed E-state index contributed by atoms with van der Waals surface area (Å²) in [5, 5.41) is 42.0. The Morgan fingerprint density at radius 1 is 1.24 bits per heavy atom. The van der Waals surface area contributed by atoms with Gasteiger partial charge in [0.15, 0.2) is 6.29 Å². The molecule has 6 atom stereocenters. The fourth-order valence-electron chi connectivity index (χ4n) is 2.50. The lowest BCUT2D eigenvalue weighted by molar-refractivity contribution is -0.303. The van der Waals surface area contributed by atoms with Gasteiger partial charge >= 0.3 is 0 Å². The van der Waals surface area contributed by atoms with Crippen molar-refractivity contribution in [2.45, 2.75) is 36.8 Å². The van der Waals surface area contributed by atoms with Crippen molar-refractivity contribution >= 4 is 12.0 Å². The lowest BCUT2D eigenvalue weighted by Gasteiger charge is -2.41. The lowest BCUT2D eigenvalue weighted by Crippen LogP contribution is -2.62. The van der Waals surface area contributed by atoms with Crippen LogP contribution in [0, 0.1) is 0 Å². The zero-order valence-corrected chi connectivity index (χ0v) is 13.7. The second-order valence-corrected chi connectivity index (χ2v) is 5.73. The number of rotatable bonds is 6. The zero-order valence-electron chi connectivity index (χ0n) is 13.7. The number of nitrogens with one attached hydrogen (secondary N) is 1. The highest BCUT2D eigenvalue weighted by molar-refractivity contribution is 5.91. The number of aliphatic hydroxyl groups is 4. The highest BCUT2D eigenvalue weighted by atomic mass is 16.7. The van der Waals surface area contributed by atoms with E-state index in [1.165, 1.54) is 13.2 Å². The van der Waals surface area contributed by atoms with Crippen molar-refractivity contribution in [3.8, 4) is 0 Å². The van der Waals surface area contributed by atoms with Crippen molar-refractivity contribution in [1.82, 2.24) is 5.32 Å². The van der Waals surface area contributed by atoms with E-state index in [4.69, 9.17) is 9.47 Å². The Kier molecular flexibility index (Phi) is 7.06. The highest BCUT2D eigenvalue weighted by Gasteiger charge is 2.46. The minimum absolute atomic E-state index is 0.209. The molecule has 0 bridgehead atoms. The average molecular weight is 353 g/mol. The Hall–Kier alpha value is -1.81. The third kappa shape index (κ3) is 5.08. The number of methoxy groups -OCH3 is 1. The van der Waals surface area contributed by atoms with E-state index >= 15 is 0 Å². The van der Waals surface area contributed by atoms with E-state index < -0.39 is 42.7 Å². The van der Waals surface area contributed by atoms with E-state index in [-0.39, 0.29) is 6.54 Å². The third-order valence-corrected chi connectivity index (χ3v) is 3.93. The number of carbonyl (C=O) groups is 1. The molecule has 1 aromatic rings. The molecule has 1 fully saturated rings. The van der Waals surface area contributed by atoms with Gasteiger partial charge in [-0.15, -0.1) is 0 Å². The van der Waals surface area contributed by atoms with Gasteiger partial charge in [0.2, 0.25) is 5.91 Å². The molecule has 0 radical (unpaired) electrons. The van der Waals surface area contributed by atoms with Crippen LogP contribution in [0.1, 0.15) is 5.56 Å². The minimum Gasteiger partial charge on any atom is -0.388 e. The van der Waals surface area contributed by atoms with Crippen LogP contribution >= 0.6 is 0 Å². The smallest absolute Gasteiger partial charge is 0.244 e. The standard InChI is InChI=1S/C17H23NO7/c1-24-17-15(23)13(21)14(22)16(25-17)11(19)9-18-12(20)8-7-10-5-3-2-4-6-10/h2-8,11,13-17,19,21-23H,9H2,1H3,(H,18,20)/b8-7+/t11-,13+,14+,15+,16-,17+/m1/s1. The molecule has 0 aliphatic carbocycles. The molecule has 0 saturated carbocycles. The Labute approximate surface area is 145 Å². The predicted octanol–water partition coefficient (Wildman–Crippen LogP) is -1.37. The number of hydrogen-bond donors (Lipinski definition) is 5. The minimum atomic E-state index is -1.54. The number of benzene rings is 1. The SMILES string of the molecule is CO[C@H]1O[C@H]([C@H](O)CNC(=O)/C=C/c2ccccc2)[C@@H](O)[C@H](O)[C@@H]1O. The average Bonchev–Trinajstić information content (AvgIpc) is 2.63. The molecule has 0 aromatic heterocycles. The topological polar surface area (TPSA) is 128 Å². The van der Waals surface area contributed by atoms with Crippen molar-refractivity contribution in [1.29, 1.82) is 0 Å². The molecule has 25 heavy (non-hydrogen) atoms. The molecule has 1 aliphatic rings. The van der Waals surface area contributed by atoms with Crippen LogP contribution in [0.15, 0.2) is 36.4 Å². The van der Waals surface area contributed by atoms with E-state index in [1.807, 2.05) is 30.3 Å². The van der Waals surface area contributed by atoms with Crippen molar-refractivity contribution < 1.29 is 34.7 Å². The van der Waals surface area contributed by atoms with Gasteiger partial charge in [0, 0.05) is 19.7 Å². The zero-order chi connectivity index (χ0) is 18.4. The number of aliphatic hydroxyl groups excluding tert-OH is 4. The summed E-state index contributed by atoms with van der Waals surface area (Å²) in [4.78, 5) is 11.8. The van der Waals surface area contributed by atoms with Gasteiger partial charge in [0.1, 0.15) is 30.5 Å². The van der Waals surface area contributed by atoms with E-state index in [1.54, 1.807) is 6.08 Å². The molecule has 5 N–H and O–H groups in total. The monoisotopic (exact) mass is 353 g/mol. The number of carbonyl (C=O) groups excluding carboxylic acids is 1. The molecule has 1 amide bonds. The normalized spacial score (nSPS) is 31.0. The van der Waals surface area contributed by atoms with Crippen LogP contribution in [-0.4, -0.2) is 76.8 Å². The van der Waals surface area contributed by atoms with E-state index in [0.29, 0.717) is 0 Å². The fourth-order valence-corrected chi connectivity index (χ4v) is 2.50. The van der Waals surface area contributed by atoms with Gasteiger partial charge in [-0.2, -0.15) is 0 Å². The van der Waals surface area contributed by atoms with Crippen LogP contribution in [-0.2, 0) is 14.3 Å². The largest absolute Gasteiger partial charge is 0.388 e. The Balaban J connectivity index is 1.87. The Bertz CT molecular complexity index is 578. The first-order chi connectivity index (χ1) is 11.9. The summed E-state index contributed by atoms with van der Waals surface area (Å²) in [5.41, 5.74) is 0.851. The van der Waals surface area contributed by atoms with Crippen LogP contribution in [0.5, 0.6) is 0 Å². The molecular formula is C17H23NO7. The Morgan fingerprint density at radius 2 is 1.92 bits per heavy atom. The summed E-state index contributed by atoms with van der Waals surface area (Å²) in [6.07, 6.45) is -5.27. The molecule has 2 rings (SSSR count). The number of amides is 1. The Morgan fingerprint density at radius 3 is 2.56 bits per heavy atom. The van der Waals surface area contributed by atoms with Gasteiger partial charge < -0.3 is 35.2 Å². The second-order valence-electron chi connectivity index (χ2n) is 5.73. The highest BCUT2D eigenvalue weighted by Crippen LogP contribution is 2.23. The quantitative estimate of drug-likeness (QED) is 0.399. The van der Waals surface area contributed by atoms with Crippen LogP contribution < -0.4 is 5.32 Å². The first kappa shape index (κ1) is 19.5. The van der Waals surface area contributed by atoms with E-state index in [0.717, 1.165) is 5.56 Å². The van der Waals surface area contributed by atoms with Crippen molar-refractivity contribution in [3.63, 3.8) is 0 Å². The van der Waals surface area contributed by atoms with Gasteiger partial charge in [0.25, 0.3) is 0 Å². The molecule has 8 nitrogen and oxygen atoms in total. The molecule has 1 heterocycles. The maximum Gasteiger partial charge on any atom is 0.244 e. The van der Waals surface area contributed by atoms with Gasteiger partial charge in [-0.1, -0.05) is 30.3 Å². The second kappa shape index (κ2) is 9.04. The van der Waals surface area contributed by atoms with Gasteiger partial charge in [0.05, 0.1) is 0 Å². The summed E-state index contributed by atoms with van der Waals surface area (Å²) in [6, 6.07) is 9.22. The first-order valence-corrected chi connectivity index (χ1v) is 7.85. The van der Waals surface area contributed by atoms with Crippen LogP contribution in [0.25, 0.3) is 6.08 Å². The molecule has 0 spiro atoms. The summed E-state index contributed by atoms with van der Waals surface area (Å²) in [5.74, 6) is -0.433. The summed E-state index contributed by atoms with van der Waals surface area (Å²) >= 11 is 0. The first-order valence-electron chi connectivity index (χ1n) is 7.85. The van der Waals surface area contributed by atoms with E-state index in [2.05, 4.69) is 5.32 Å². The number of ether oxygens (including phenoxy) is 2. The summed E-state index contributed by atoms with van der Waals surface area (Å²) < 4.78 is 10.1. The number of hydrogen-bond acceptors (Lipinski definition) is 7. The fraction of sp³-hybridized carbons (Fsp3) is 0.471. The van der Waals surface area contributed by atoms with Gasteiger partial charge in [-0.25, -0.2) is 0 Å². The molecule has 1 saturated heterocycles. The molecular weight excluding hydrogens is 330 g/mol. The van der Waals surface area contributed by atoms with E-state index in [9.17, 15) is 25.2 Å². The maximum absolute atomic E-state index is 11.8. The lowest BCUT2D eigenvalue weighted by atomic mass is 9.95. The summed E-state index contributed by atoms with van der Waals surface area (Å²) in [7, 11) is 1.26. The molecule has 1 aromatic carbocycles. The molecule has 138 valence electrons. The van der Waals surface area contributed by atoms with Crippen molar-refractivity contribution in [2.24, 2.45) is 0 Å². The van der Waals surface area contributed by atoms with Gasteiger partial charge in [-0.05, 0) is 11.6 Å². The van der Waals surface area contributed by atoms with Crippen molar-refractivity contribution in [3.05, 3.63) is 42.0 Å². The van der Waals surface area contributed by atoms with Crippen LogP contribution in [0.4, 0.5) is 0 Å². The third-order valence-electron chi connectivity index (χ3n) is 3.93. The van der Waals surface area contributed by atoms with Gasteiger partial charge in [-0.3, -0.25) is 4.79 Å². The maximum atomic E-state index is 11.8. The van der Waals surface area contributed by atoms with Crippen LogP contribution in [0.3, 0.4) is 0 Å². The predicted molar refractivity (Wildman–Crippen MR) is 88.2 cm³/mol. The molecule has 1 aliphatic heterocycles. The van der Waals surface area contributed by atoms with Crippen molar-refractivity contribution in [2.75, 3.05) is 13.7 Å².